The average Bonchev–Trinajstić information content (AvgIpc) is 2.49. The number of hydrogen-bond acceptors (Lipinski definition) is 5. The maximum absolute atomic E-state index is 8.97. The van der Waals surface area contributed by atoms with Gasteiger partial charge in [-0.05, 0) is 24.3 Å². The van der Waals surface area contributed by atoms with E-state index in [4.69, 9.17) is 20.5 Å². The van der Waals surface area contributed by atoms with Crippen LogP contribution in [0.3, 0.4) is 0 Å². The number of benzene rings is 2. The molecule has 2 aromatic carbocycles. The first-order valence-corrected chi connectivity index (χ1v) is 6.23. The fourth-order valence-corrected chi connectivity index (χ4v) is 2.05. The SMILES string of the molecule is N#Cc1cccc(Nc2ccc3c(c2)OCCO3)c1N. The molecule has 5 nitrogen and oxygen atoms in total. The lowest BCUT2D eigenvalue weighted by Gasteiger charge is -2.19. The van der Waals surface area contributed by atoms with E-state index in [1.807, 2.05) is 24.3 Å². The molecule has 0 saturated heterocycles. The quantitative estimate of drug-likeness (QED) is 0.818. The van der Waals surface area contributed by atoms with E-state index in [0.717, 1.165) is 11.4 Å². The van der Waals surface area contributed by atoms with Gasteiger partial charge in [0.15, 0.2) is 11.5 Å². The summed E-state index contributed by atoms with van der Waals surface area (Å²) in [5.74, 6) is 1.44. The molecule has 0 aliphatic carbocycles. The van der Waals surface area contributed by atoms with Crippen LogP contribution in [-0.2, 0) is 0 Å². The Bertz CT molecular complexity index is 692. The van der Waals surface area contributed by atoms with Gasteiger partial charge < -0.3 is 20.5 Å². The van der Waals surface area contributed by atoms with Crippen LogP contribution in [0, 0.1) is 11.3 Å². The van der Waals surface area contributed by atoms with Gasteiger partial charge in [0, 0.05) is 11.8 Å². The molecule has 100 valence electrons. The van der Waals surface area contributed by atoms with Gasteiger partial charge in [-0.25, -0.2) is 0 Å². The number of anilines is 3. The van der Waals surface area contributed by atoms with Crippen LogP contribution in [0.5, 0.6) is 11.5 Å². The van der Waals surface area contributed by atoms with Crippen molar-refractivity contribution in [1.82, 2.24) is 0 Å². The highest BCUT2D eigenvalue weighted by Crippen LogP contribution is 2.34. The Kier molecular flexibility index (Phi) is 3.05. The van der Waals surface area contributed by atoms with E-state index in [1.54, 1.807) is 12.1 Å². The van der Waals surface area contributed by atoms with Gasteiger partial charge in [0.05, 0.1) is 16.9 Å². The molecule has 0 atom stereocenters. The molecule has 0 spiro atoms. The van der Waals surface area contributed by atoms with Gasteiger partial charge in [-0.1, -0.05) is 6.07 Å². The Morgan fingerprint density at radius 3 is 2.70 bits per heavy atom. The number of nitriles is 1. The van der Waals surface area contributed by atoms with E-state index >= 15 is 0 Å². The number of para-hydroxylation sites is 1. The highest BCUT2D eigenvalue weighted by atomic mass is 16.6. The van der Waals surface area contributed by atoms with Gasteiger partial charge in [0.1, 0.15) is 19.3 Å². The van der Waals surface area contributed by atoms with E-state index in [9.17, 15) is 0 Å². The van der Waals surface area contributed by atoms with Crippen molar-refractivity contribution < 1.29 is 9.47 Å². The molecule has 5 heteroatoms. The first-order valence-electron chi connectivity index (χ1n) is 6.23. The summed E-state index contributed by atoms with van der Waals surface area (Å²) in [7, 11) is 0. The molecule has 0 unspecified atom stereocenters. The zero-order chi connectivity index (χ0) is 13.9. The number of nitrogens with one attached hydrogen (secondary N) is 1. The number of fused-ring (bicyclic) bond motifs is 1. The lowest BCUT2D eigenvalue weighted by molar-refractivity contribution is 0.171. The summed E-state index contributed by atoms with van der Waals surface area (Å²) in [6, 6.07) is 12.9. The van der Waals surface area contributed by atoms with Gasteiger partial charge in [0.25, 0.3) is 0 Å². The monoisotopic (exact) mass is 267 g/mol. The molecular formula is C15H13N3O2. The molecule has 1 aliphatic rings. The minimum Gasteiger partial charge on any atom is -0.486 e. The molecule has 0 radical (unpaired) electrons. The van der Waals surface area contributed by atoms with Crippen LogP contribution in [0.25, 0.3) is 0 Å². The van der Waals surface area contributed by atoms with Gasteiger partial charge in [0.2, 0.25) is 0 Å². The third-order valence-corrected chi connectivity index (χ3v) is 3.05. The summed E-state index contributed by atoms with van der Waals surface area (Å²) in [6.07, 6.45) is 0. The second kappa shape index (κ2) is 5.02. The third-order valence-electron chi connectivity index (χ3n) is 3.05. The van der Waals surface area contributed by atoms with Crippen LogP contribution in [-0.4, -0.2) is 13.2 Å². The van der Waals surface area contributed by atoms with Crippen molar-refractivity contribution in [2.45, 2.75) is 0 Å². The van der Waals surface area contributed by atoms with Crippen LogP contribution in [0.4, 0.5) is 17.1 Å². The molecule has 0 saturated carbocycles. The molecule has 1 heterocycles. The average molecular weight is 267 g/mol. The Morgan fingerprint density at radius 2 is 1.90 bits per heavy atom. The largest absolute Gasteiger partial charge is 0.486 e. The number of hydrogen-bond donors (Lipinski definition) is 2. The predicted molar refractivity (Wildman–Crippen MR) is 76.3 cm³/mol. The maximum Gasteiger partial charge on any atom is 0.163 e. The predicted octanol–water partition coefficient (Wildman–Crippen LogP) is 2.66. The van der Waals surface area contributed by atoms with Crippen molar-refractivity contribution >= 4 is 17.1 Å². The highest BCUT2D eigenvalue weighted by molar-refractivity contribution is 5.77. The Morgan fingerprint density at radius 1 is 1.10 bits per heavy atom. The van der Waals surface area contributed by atoms with Crippen molar-refractivity contribution in [2.75, 3.05) is 24.3 Å². The number of nitrogens with two attached hydrogens (primary N) is 1. The molecule has 3 N–H and O–H groups in total. The molecular weight excluding hydrogens is 254 g/mol. The maximum atomic E-state index is 8.97. The summed E-state index contributed by atoms with van der Waals surface area (Å²) >= 11 is 0. The van der Waals surface area contributed by atoms with E-state index in [2.05, 4.69) is 11.4 Å². The first kappa shape index (κ1) is 12.2. The number of nitrogens with zero attached hydrogens (tertiary/aromatic N) is 1. The van der Waals surface area contributed by atoms with E-state index in [-0.39, 0.29) is 0 Å². The standard InChI is InChI=1S/C15H13N3O2/c16-9-10-2-1-3-12(15(10)17)18-11-4-5-13-14(8-11)20-7-6-19-13/h1-5,8,18H,6-7,17H2. The van der Waals surface area contributed by atoms with Crippen molar-refractivity contribution in [2.24, 2.45) is 0 Å². The van der Waals surface area contributed by atoms with E-state index in [0.29, 0.717) is 35.9 Å². The number of rotatable bonds is 2. The number of nitrogen functional groups attached to an aromatic ring is 1. The zero-order valence-electron chi connectivity index (χ0n) is 10.7. The van der Waals surface area contributed by atoms with Crippen molar-refractivity contribution in [3.63, 3.8) is 0 Å². The smallest absolute Gasteiger partial charge is 0.163 e. The fraction of sp³-hybridized carbons (Fsp3) is 0.133. The summed E-state index contributed by atoms with van der Waals surface area (Å²) in [5.41, 5.74) is 8.35. The second-order valence-corrected chi connectivity index (χ2v) is 4.36. The van der Waals surface area contributed by atoms with Gasteiger partial charge >= 0.3 is 0 Å². The molecule has 0 aromatic heterocycles. The van der Waals surface area contributed by atoms with Crippen molar-refractivity contribution in [3.8, 4) is 17.6 Å². The molecule has 3 rings (SSSR count). The van der Waals surface area contributed by atoms with E-state index < -0.39 is 0 Å². The summed E-state index contributed by atoms with van der Waals surface area (Å²) in [5, 5.41) is 12.2. The van der Waals surface area contributed by atoms with Crippen LogP contribution in [0.15, 0.2) is 36.4 Å². The molecule has 0 fully saturated rings. The topological polar surface area (TPSA) is 80.3 Å². The third kappa shape index (κ3) is 2.19. The van der Waals surface area contributed by atoms with E-state index in [1.165, 1.54) is 0 Å². The van der Waals surface area contributed by atoms with Crippen LogP contribution < -0.4 is 20.5 Å². The number of ether oxygens (including phenoxy) is 2. The lowest BCUT2D eigenvalue weighted by atomic mass is 10.1. The van der Waals surface area contributed by atoms with Crippen LogP contribution >= 0.6 is 0 Å². The molecule has 0 bridgehead atoms. The summed E-state index contributed by atoms with van der Waals surface area (Å²) in [4.78, 5) is 0. The van der Waals surface area contributed by atoms with Crippen LogP contribution in [0.2, 0.25) is 0 Å². The molecule has 0 amide bonds. The Labute approximate surface area is 116 Å². The molecule has 20 heavy (non-hydrogen) atoms. The van der Waals surface area contributed by atoms with Gasteiger partial charge in [-0.3, -0.25) is 0 Å². The molecule has 2 aromatic rings. The Hall–Kier alpha value is -2.87. The summed E-state index contributed by atoms with van der Waals surface area (Å²) in [6.45, 7) is 1.11. The Balaban J connectivity index is 1.90. The first-order chi connectivity index (χ1) is 9.78. The fourth-order valence-electron chi connectivity index (χ4n) is 2.05. The minimum absolute atomic E-state index is 0.435. The second-order valence-electron chi connectivity index (χ2n) is 4.36. The van der Waals surface area contributed by atoms with Crippen molar-refractivity contribution in [1.29, 1.82) is 5.26 Å². The van der Waals surface area contributed by atoms with Gasteiger partial charge in [-0.2, -0.15) is 5.26 Å². The van der Waals surface area contributed by atoms with Crippen molar-refractivity contribution in [3.05, 3.63) is 42.0 Å². The van der Waals surface area contributed by atoms with Gasteiger partial charge in [-0.15, -0.1) is 0 Å². The molecule has 1 aliphatic heterocycles. The zero-order valence-corrected chi connectivity index (χ0v) is 10.7. The highest BCUT2D eigenvalue weighted by Gasteiger charge is 2.12. The summed E-state index contributed by atoms with van der Waals surface area (Å²) < 4.78 is 11.0. The minimum atomic E-state index is 0.435. The normalized spacial score (nSPS) is 12.6. The lowest BCUT2D eigenvalue weighted by Crippen LogP contribution is -2.15. The van der Waals surface area contributed by atoms with Crippen LogP contribution in [0.1, 0.15) is 5.56 Å².